The zero-order valence-corrected chi connectivity index (χ0v) is 16.8. The van der Waals surface area contributed by atoms with E-state index in [4.69, 9.17) is 4.74 Å². The van der Waals surface area contributed by atoms with E-state index in [1.807, 2.05) is 0 Å². The molecule has 2 aromatic rings. The number of nitrogens with zero attached hydrogens (tertiary/aromatic N) is 1. The Morgan fingerprint density at radius 2 is 1.72 bits per heavy atom. The molecule has 1 N–H and O–H groups in total. The molecular formula is C19H21F3N2O4S. The number of amides is 1. The highest BCUT2D eigenvalue weighted by Gasteiger charge is 2.36. The highest BCUT2D eigenvalue weighted by atomic mass is 32.2. The Morgan fingerprint density at radius 1 is 1.14 bits per heavy atom. The number of sulfonamides is 1. The lowest BCUT2D eigenvalue weighted by atomic mass is 10.1. The second kappa shape index (κ2) is 8.73. The summed E-state index contributed by atoms with van der Waals surface area (Å²) in [5.41, 5.74) is -1.26. The van der Waals surface area contributed by atoms with Gasteiger partial charge >= 0.3 is 6.18 Å². The number of benzene rings is 2. The van der Waals surface area contributed by atoms with Gasteiger partial charge in [0, 0.05) is 0 Å². The molecule has 0 heterocycles. The molecule has 158 valence electrons. The first-order valence-corrected chi connectivity index (χ1v) is 10.4. The maximum atomic E-state index is 13.2. The Morgan fingerprint density at radius 3 is 2.21 bits per heavy atom. The molecule has 0 saturated carbocycles. The Bertz CT molecular complexity index is 960. The summed E-state index contributed by atoms with van der Waals surface area (Å²) in [4.78, 5) is 12.8. The van der Waals surface area contributed by atoms with E-state index in [0.29, 0.717) is 5.75 Å². The molecule has 0 spiro atoms. The van der Waals surface area contributed by atoms with Crippen LogP contribution in [0.3, 0.4) is 0 Å². The average molecular weight is 430 g/mol. The van der Waals surface area contributed by atoms with E-state index in [1.165, 1.54) is 43.5 Å². The van der Waals surface area contributed by atoms with Crippen LogP contribution in [0.25, 0.3) is 0 Å². The van der Waals surface area contributed by atoms with Gasteiger partial charge in [0.05, 0.1) is 30.3 Å². The predicted molar refractivity (Wildman–Crippen MR) is 104 cm³/mol. The van der Waals surface area contributed by atoms with Gasteiger partial charge in [-0.3, -0.25) is 9.10 Å². The number of carbonyl (C=O) groups excluding carboxylic acids is 1. The SMILES string of the molecule is CC[C@@H](C(=O)Nc1ccccc1C(F)(F)F)N(c1ccc(OC)cc1)S(C)(=O)=O. The second-order valence-electron chi connectivity index (χ2n) is 6.21. The second-order valence-corrected chi connectivity index (χ2v) is 8.07. The maximum absolute atomic E-state index is 13.2. The lowest BCUT2D eigenvalue weighted by Crippen LogP contribution is -2.47. The fraction of sp³-hybridized carbons (Fsp3) is 0.316. The Labute approximate surface area is 167 Å². The fourth-order valence-electron chi connectivity index (χ4n) is 2.84. The zero-order chi connectivity index (χ0) is 21.8. The monoisotopic (exact) mass is 430 g/mol. The average Bonchev–Trinajstić information content (AvgIpc) is 2.64. The minimum Gasteiger partial charge on any atom is -0.497 e. The fourth-order valence-corrected chi connectivity index (χ4v) is 4.06. The van der Waals surface area contributed by atoms with Crippen molar-refractivity contribution in [2.24, 2.45) is 0 Å². The molecule has 10 heteroatoms. The number of carbonyl (C=O) groups is 1. The highest BCUT2D eigenvalue weighted by molar-refractivity contribution is 7.92. The Kier molecular flexibility index (Phi) is 6.78. The number of rotatable bonds is 7. The molecule has 2 aromatic carbocycles. The van der Waals surface area contributed by atoms with E-state index in [-0.39, 0.29) is 12.1 Å². The van der Waals surface area contributed by atoms with Crippen LogP contribution in [0.4, 0.5) is 24.5 Å². The van der Waals surface area contributed by atoms with Crippen LogP contribution in [0.2, 0.25) is 0 Å². The molecule has 1 atom stereocenters. The van der Waals surface area contributed by atoms with Crippen molar-refractivity contribution in [1.29, 1.82) is 0 Å². The van der Waals surface area contributed by atoms with Crippen molar-refractivity contribution in [2.45, 2.75) is 25.6 Å². The van der Waals surface area contributed by atoms with Crippen molar-refractivity contribution in [3.05, 3.63) is 54.1 Å². The third kappa shape index (κ3) is 5.41. The van der Waals surface area contributed by atoms with Crippen molar-refractivity contribution in [3.63, 3.8) is 0 Å². The molecule has 0 bridgehead atoms. The van der Waals surface area contributed by atoms with Crippen LogP contribution in [0.15, 0.2) is 48.5 Å². The maximum Gasteiger partial charge on any atom is 0.418 e. The third-order valence-electron chi connectivity index (χ3n) is 4.15. The van der Waals surface area contributed by atoms with Crippen LogP contribution in [0, 0.1) is 0 Å². The lowest BCUT2D eigenvalue weighted by molar-refractivity contribution is -0.137. The van der Waals surface area contributed by atoms with E-state index in [9.17, 15) is 26.4 Å². The van der Waals surface area contributed by atoms with Crippen LogP contribution >= 0.6 is 0 Å². The lowest BCUT2D eigenvalue weighted by Gasteiger charge is -2.30. The predicted octanol–water partition coefficient (Wildman–Crippen LogP) is 3.90. The van der Waals surface area contributed by atoms with Gasteiger partial charge in [0.1, 0.15) is 11.8 Å². The Hall–Kier alpha value is -2.75. The van der Waals surface area contributed by atoms with Gasteiger partial charge in [-0.15, -0.1) is 0 Å². The molecule has 0 radical (unpaired) electrons. The summed E-state index contributed by atoms with van der Waals surface area (Å²) in [6.07, 6.45) is -3.70. The summed E-state index contributed by atoms with van der Waals surface area (Å²) in [6, 6.07) is 9.23. The summed E-state index contributed by atoms with van der Waals surface area (Å²) in [7, 11) is -2.47. The van der Waals surface area contributed by atoms with Gasteiger partial charge in [-0.2, -0.15) is 13.2 Å². The van der Waals surface area contributed by atoms with Gasteiger partial charge in [-0.05, 0) is 42.8 Å². The number of ether oxygens (including phenoxy) is 1. The molecule has 0 aliphatic carbocycles. The van der Waals surface area contributed by atoms with Gasteiger partial charge in [-0.25, -0.2) is 8.42 Å². The Balaban J connectivity index is 2.42. The molecule has 0 aliphatic rings. The number of nitrogens with one attached hydrogen (secondary N) is 1. The van der Waals surface area contributed by atoms with E-state index in [2.05, 4.69) is 5.32 Å². The van der Waals surface area contributed by atoms with Gasteiger partial charge in [-0.1, -0.05) is 19.1 Å². The molecule has 29 heavy (non-hydrogen) atoms. The van der Waals surface area contributed by atoms with Crippen LogP contribution in [-0.4, -0.2) is 33.7 Å². The van der Waals surface area contributed by atoms with Crippen molar-refractivity contribution in [1.82, 2.24) is 0 Å². The topological polar surface area (TPSA) is 75.7 Å². The summed E-state index contributed by atoms with van der Waals surface area (Å²) in [6.45, 7) is 1.57. The minimum absolute atomic E-state index is 0.0408. The van der Waals surface area contributed by atoms with E-state index in [0.717, 1.165) is 22.7 Å². The molecule has 0 unspecified atom stereocenters. The first kappa shape index (κ1) is 22.5. The first-order valence-electron chi connectivity index (χ1n) is 8.59. The highest BCUT2D eigenvalue weighted by Crippen LogP contribution is 2.35. The molecule has 0 saturated heterocycles. The molecule has 2 rings (SSSR count). The molecule has 0 aromatic heterocycles. The van der Waals surface area contributed by atoms with Gasteiger partial charge < -0.3 is 10.1 Å². The number of hydrogen-bond acceptors (Lipinski definition) is 4. The summed E-state index contributed by atoms with van der Waals surface area (Å²) in [5, 5.41) is 2.22. The molecule has 1 amide bonds. The molecule has 0 aliphatic heterocycles. The van der Waals surface area contributed by atoms with Gasteiger partial charge in [0.2, 0.25) is 15.9 Å². The van der Waals surface area contributed by atoms with Crippen molar-refractivity contribution >= 4 is 27.3 Å². The van der Waals surface area contributed by atoms with Crippen LogP contribution in [0.5, 0.6) is 5.75 Å². The summed E-state index contributed by atoms with van der Waals surface area (Å²) < 4.78 is 70.3. The number of anilines is 2. The number of halogens is 3. The molecule has 0 fully saturated rings. The van der Waals surface area contributed by atoms with Crippen LogP contribution in [-0.2, 0) is 21.0 Å². The van der Waals surface area contributed by atoms with Crippen LogP contribution in [0.1, 0.15) is 18.9 Å². The molecule has 6 nitrogen and oxygen atoms in total. The summed E-state index contributed by atoms with van der Waals surface area (Å²) >= 11 is 0. The van der Waals surface area contributed by atoms with Crippen molar-refractivity contribution in [3.8, 4) is 5.75 Å². The number of para-hydroxylation sites is 1. The number of hydrogen-bond donors (Lipinski definition) is 1. The van der Waals surface area contributed by atoms with Gasteiger partial charge in [0.25, 0.3) is 0 Å². The smallest absolute Gasteiger partial charge is 0.418 e. The minimum atomic E-state index is -4.67. The molecular weight excluding hydrogens is 409 g/mol. The number of alkyl halides is 3. The normalized spacial score (nSPS) is 12.9. The van der Waals surface area contributed by atoms with Gasteiger partial charge in [0.15, 0.2) is 0 Å². The van der Waals surface area contributed by atoms with E-state index < -0.39 is 39.4 Å². The summed E-state index contributed by atoms with van der Waals surface area (Å²) in [5.74, 6) is -0.385. The van der Waals surface area contributed by atoms with Crippen molar-refractivity contribution in [2.75, 3.05) is 23.0 Å². The van der Waals surface area contributed by atoms with E-state index >= 15 is 0 Å². The van der Waals surface area contributed by atoms with Crippen LogP contribution < -0.4 is 14.4 Å². The largest absolute Gasteiger partial charge is 0.497 e. The quantitative estimate of drug-likeness (QED) is 0.723. The first-order chi connectivity index (χ1) is 13.5. The zero-order valence-electron chi connectivity index (χ0n) is 16.0. The third-order valence-corrected chi connectivity index (χ3v) is 5.33. The van der Waals surface area contributed by atoms with Crippen molar-refractivity contribution < 1.29 is 31.1 Å². The standard InChI is InChI=1S/C19H21F3N2O4S/c1-4-17(18(25)23-16-8-6-5-7-15(16)19(20,21)22)24(29(3,26)27)13-9-11-14(28-2)12-10-13/h5-12,17H,4H2,1-3H3,(H,23,25)/t17-/m0/s1. The van der Waals surface area contributed by atoms with E-state index in [1.54, 1.807) is 6.92 Å². The number of methoxy groups -OCH3 is 1.